The van der Waals surface area contributed by atoms with Crippen molar-refractivity contribution >= 4 is 5.91 Å². The molecule has 0 saturated carbocycles. The summed E-state index contributed by atoms with van der Waals surface area (Å²) in [6.07, 6.45) is 8.60. The van der Waals surface area contributed by atoms with Gasteiger partial charge in [0.1, 0.15) is 0 Å². The monoisotopic (exact) mass is 207 g/mol. The Morgan fingerprint density at radius 3 is 2.67 bits per heavy atom. The lowest BCUT2D eigenvalue weighted by Gasteiger charge is -2.19. The van der Waals surface area contributed by atoms with E-state index in [9.17, 15) is 4.79 Å². The van der Waals surface area contributed by atoms with Crippen LogP contribution in [0.3, 0.4) is 0 Å². The molecular weight excluding hydrogens is 190 g/mol. The minimum atomic E-state index is 0.223. The second-order valence-corrected chi connectivity index (χ2v) is 4.05. The van der Waals surface area contributed by atoms with Crippen molar-refractivity contribution in [2.24, 2.45) is 0 Å². The Balaban J connectivity index is 1.89. The first-order valence-electron chi connectivity index (χ1n) is 5.61. The standard InChI is InChI=1S/C11H17N3O/c15-11(7-10-8-12-9-13-10)14-5-3-1-2-4-6-14/h8-9H,1-7H2,(H,12,13). The number of aromatic nitrogens is 2. The third kappa shape index (κ3) is 2.81. The highest BCUT2D eigenvalue weighted by molar-refractivity contribution is 5.78. The molecule has 82 valence electrons. The van der Waals surface area contributed by atoms with Crippen LogP contribution < -0.4 is 0 Å². The smallest absolute Gasteiger partial charge is 0.228 e. The summed E-state index contributed by atoms with van der Waals surface area (Å²) in [4.78, 5) is 20.8. The molecule has 1 aliphatic heterocycles. The third-order valence-electron chi connectivity index (χ3n) is 2.86. The van der Waals surface area contributed by atoms with E-state index in [1.54, 1.807) is 12.5 Å². The van der Waals surface area contributed by atoms with Crippen LogP contribution in [0.4, 0.5) is 0 Å². The lowest BCUT2D eigenvalue weighted by Crippen LogP contribution is -2.33. The topological polar surface area (TPSA) is 49.0 Å². The van der Waals surface area contributed by atoms with Crippen LogP contribution in [0.25, 0.3) is 0 Å². The molecule has 1 aromatic heterocycles. The Hall–Kier alpha value is -1.32. The van der Waals surface area contributed by atoms with E-state index >= 15 is 0 Å². The molecule has 0 aliphatic carbocycles. The van der Waals surface area contributed by atoms with Crippen molar-refractivity contribution in [3.05, 3.63) is 18.2 Å². The van der Waals surface area contributed by atoms with Crippen LogP contribution in [0, 0.1) is 0 Å². The van der Waals surface area contributed by atoms with Crippen LogP contribution in [0.2, 0.25) is 0 Å². The predicted octanol–water partition coefficient (Wildman–Crippen LogP) is 1.35. The predicted molar refractivity (Wildman–Crippen MR) is 57.3 cm³/mol. The number of imidazole rings is 1. The number of H-pyrrole nitrogens is 1. The Labute approximate surface area is 89.7 Å². The van der Waals surface area contributed by atoms with Gasteiger partial charge in [-0.25, -0.2) is 4.98 Å². The highest BCUT2D eigenvalue weighted by Gasteiger charge is 2.15. The van der Waals surface area contributed by atoms with Gasteiger partial charge >= 0.3 is 0 Å². The zero-order valence-electron chi connectivity index (χ0n) is 8.91. The van der Waals surface area contributed by atoms with Gasteiger partial charge in [0.05, 0.1) is 12.7 Å². The van der Waals surface area contributed by atoms with Crippen LogP contribution in [0.1, 0.15) is 31.4 Å². The van der Waals surface area contributed by atoms with E-state index in [0.29, 0.717) is 6.42 Å². The van der Waals surface area contributed by atoms with Gasteiger partial charge in [0.15, 0.2) is 0 Å². The average Bonchev–Trinajstić information content (AvgIpc) is 2.58. The molecule has 1 fully saturated rings. The average molecular weight is 207 g/mol. The van der Waals surface area contributed by atoms with Crippen molar-refractivity contribution in [1.29, 1.82) is 0 Å². The molecule has 2 heterocycles. The fourth-order valence-corrected chi connectivity index (χ4v) is 1.98. The SMILES string of the molecule is O=C(Cc1cnc[nH]1)N1CCCCCC1. The second-order valence-electron chi connectivity index (χ2n) is 4.05. The molecule has 0 bridgehead atoms. The molecule has 15 heavy (non-hydrogen) atoms. The number of likely N-dealkylation sites (tertiary alicyclic amines) is 1. The first-order chi connectivity index (χ1) is 7.36. The van der Waals surface area contributed by atoms with Gasteiger partial charge in [0.2, 0.25) is 5.91 Å². The van der Waals surface area contributed by atoms with Crippen LogP contribution in [0.5, 0.6) is 0 Å². The first-order valence-corrected chi connectivity index (χ1v) is 5.61. The number of nitrogens with zero attached hydrogens (tertiary/aromatic N) is 2. The van der Waals surface area contributed by atoms with E-state index < -0.39 is 0 Å². The summed E-state index contributed by atoms with van der Waals surface area (Å²) in [5.74, 6) is 0.223. The van der Waals surface area contributed by atoms with Gasteiger partial charge in [-0.3, -0.25) is 4.79 Å². The minimum Gasteiger partial charge on any atom is -0.348 e. The van der Waals surface area contributed by atoms with Gasteiger partial charge < -0.3 is 9.88 Å². The van der Waals surface area contributed by atoms with E-state index in [1.807, 2.05) is 4.90 Å². The molecule has 1 aromatic rings. The van der Waals surface area contributed by atoms with Gasteiger partial charge in [-0.1, -0.05) is 12.8 Å². The summed E-state index contributed by atoms with van der Waals surface area (Å²) in [6, 6.07) is 0. The number of amides is 1. The zero-order valence-corrected chi connectivity index (χ0v) is 8.91. The third-order valence-corrected chi connectivity index (χ3v) is 2.86. The number of nitrogens with one attached hydrogen (secondary N) is 1. The number of hydrogen-bond donors (Lipinski definition) is 1. The molecule has 4 nitrogen and oxygen atoms in total. The molecule has 1 amide bonds. The lowest BCUT2D eigenvalue weighted by atomic mass is 10.2. The fourth-order valence-electron chi connectivity index (χ4n) is 1.98. The maximum absolute atomic E-state index is 11.9. The Bertz CT molecular complexity index is 300. The van der Waals surface area contributed by atoms with E-state index in [4.69, 9.17) is 0 Å². The van der Waals surface area contributed by atoms with Gasteiger partial charge in [-0.15, -0.1) is 0 Å². The van der Waals surface area contributed by atoms with Crippen molar-refractivity contribution in [2.45, 2.75) is 32.1 Å². The Kier molecular flexibility index (Phi) is 3.37. The molecule has 0 atom stereocenters. The Morgan fingerprint density at radius 2 is 2.07 bits per heavy atom. The van der Waals surface area contributed by atoms with E-state index in [1.165, 1.54) is 12.8 Å². The molecule has 0 radical (unpaired) electrons. The number of aromatic amines is 1. The van der Waals surface area contributed by atoms with Crippen LogP contribution in [-0.2, 0) is 11.2 Å². The van der Waals surface area contributed by atoms with Crippen LogP contribution >= 0.6 is 0 Å². The molecule has 2 rings (SSSR count). The van der Waals surface area contributed by atoms with E-state index in [2.05, 4.69) is 9.97 Å². The molecular formula is C11H17N3O. The summed E-state index contributed by atoms with van der Waals surface area (Å²) >= 11 is 0. The molecule has 1 N–H and O–H groups in total. The highest BCUT2D eigenvalue weighted by Crippen LogP contribution is 2.10. The second kappa shape index (κ2) is 4.96. The van der Waals surface area contributed by atoms with Crippen molar-refractivity contribution < 1.29 is 4.79 Å². The maximum atomic E-state index is 11.9. The number of rotatable bonds is 2. The van der Waals surface area contributed by atoms with Crippen molar-refractivity contribution in [3.63, 3.8) is 0 Å². The molecule has 1 aliphatic rings. The van der Waals surface area contributed by atoms with Crippen molar-refractivity contribution in [3.8, 4) is 0 Å². The number of carbonyl (C=O) groups is 1. The molecule has 0 spiro atoms. The van der Waals surface area contributed by atoms with E-state index in [-0.39, 0.29) is 5.91 Å². The molecule has 4 heteroatoms. The summed E-state index contributed by atoms with van der Waals surface area (Å²) < 4.78 is 0. The largest absolute Gasteiger partial charge is 0.348 e. The normalized spacial score (nSPS) is 17.5. The van der Waals surface area contributed by atoms with Crippen molar-refractivity contribution in [2.75, 3.05) is 13.1 Å². The van der Waals surface area contributed by atoms with Gasteiger partial charge in [-0.05, 0) is 12.8 Å². The van der Waals surface area contributed by atoms with Gasteiger partial charge in [0, 0.05) is 25.0 Å². The van der Waals surface area contributed by atoms with Gasteiger partial charge in [-0.2, -0.15) is 0 Å². The quantitative estimate of drug-likeness (QED) is 0.796. The lowest BCUT2D eigenvalue weighted by molar-refractivity contribution is -0.130. The minimum absolute atomic E-state index is 0.223. The highest BCUT2D eigenvalue weighted by atomic mass is 16.2. The van der Waals surface area contributed by atoms with E-state index in [0.717, 1.165) is 31.6 Å². The summed E-state index contributed by atoms with van der Waals surface area (Å²) in [5.41, 5.74) is 0.907. The van der Waals surface area contributed by atoms with Crippen LogP contribution in [-0.4, -0.2) is 33.9 Å². The van der Waals surface area contributed by atoms with Crippen molar-refractivity contribution in [1.82, 2.24) is 14.9 Å². The molecule has 1 saturated heterocycles. The Morgan fingerprint density at radius 1 is 1.33 bits per heavy atom. The summed E-state index contributed by atoms with van der Waals surface area (Å²) in [5, 5.41) is 0. The first kappa shape index (κ1) is 10.2. The number of hydrogen-bond acceptors (Lipinski definition) is 2. The molecule has 0 aromatic carbocycles. The summed E-state index contributed by atoms with van der Waals surface area (Å²) in [6.45, 7) is 1.85. The molecule has 0 unspecified atom stereocenters. The maximum Gasteiger partial charge on any atom is 0.228 e. The summed E-state index contributed by atoms with van der Waals surface area (Å²) in [7, 11) is 0. The van der Waals surface area contributed by atoms with Gasteiger partial charge in [0.25, 0.3) is 0 Å². The van der Waals surface area contributed by atoms with Crippen LogP contribution in [0.15, 0.2) is 12.5 Å². The number of carbonyl (C=O) groups excluding carboxylic acids is 1. The fraction of sp³-hybridized carbons (Fsp3) is 0.636. The zero-order chi connectivity index (χ0) is 10.5.